The standard InChI is InChI=1S/C15H11ClIN3O/c16-11-7-9(17)1-3-13(11)20-15(21)14-6-8-5-10(18)2-4-12(8)19-14/h1-7,19H,18H2,(H,20,21). The largest absolute Gasteiger partial charge is 0.399 e. The molecule has 0 unspecified atom stereocenters. The van der Waals surface area contributed by atoms with Crippen LogP contribution in [-0.4, -0.2) is 10.9 Å². The lowest BCUT2D eigenvalue weighted by Gasteiger charge is -2.06. The molecular formula is C15H11ClIN3O. The highest BCUT2D eigenvalue weighted by Gasteiger charge is 2.11. The van der Waals surface area contributed by atoms with E-state index in [0.29, 0.717) is 22.1 Å². The van der Waals surface area contributed by atoms with Gasteiger partial charge in [-0.15, -0.1) is 0 Å². The maximum Gasteiger partial charge on any atom is 0.272 e. The lowest BCUT2D eigenvalue weighted by Crippen LogP contribution is -2.12. The Balaban J connectivity index is 1.89. The first-order chi connectivity index (χ1) is 10.0. The van der Waals surface area contributed by atoms with Crippen molar-refractivity contribution in [3.63, 3.8) is 0 Å². The third-order valence-corrected chi connectivity index (χ3v) is 4.05. The van der Waals surface area contributed by atoms with Crippen molar-refractivity contribution >= 4 is 62.4 Å². The Hall–Kier alpha value is -1.73. The van der Waals surface area contributed by atoms with Crippen molar-refractivity contribution in [2.45, 2.75) is 0 Å². The molecule has 4 nitrogen and oxygen atoms in total. The van der Waals surface area contributed by atoms with E-state index >= 15 is 0 Å². The highest BCUT2D eigenvalue weighted by Crippen LogP contribution is 2.25. The molecule has 106 valence electrons. The Morgan fingerprint density at radius 2 is 2.00 bits per heavy atom. The summed E-state index contributed by atoms with van der Waals surface area (Å²) < 4.78 is 1.01. The van der Waals surface area contributed by atoms with Gasteiger partial charge in [0, 0.05) is 20.2 Å². The molecule has 0 fully saturated rings. The molecule has 1 amide bonds. The fourth-order valence-electron chi connectivity index (χ4n) is 2.05. The zero-order chi connectivity index (χ0) is 15.0. The van der Waals surface area contributed by atoms with Crippen LogP contribution in [0.25, 0.3) is 10.9 Å². The lowest BCUT2D eigenvalue weighted by molar-refractivity contribution is 0.102. The van der Waals surface area contributed by atoms with Crippen LogP contribution < -0.4 is 11.1 Å². The Labute approximate surface area is 139 Å². The van der Waals surface area contributed by atoms with Gasteiger partial charge in [0.05, 0.1) is 10.7 Å². The Bertz CT molecular complexity index is 844. The molecule has 21 heavy (non-hydrogen) atoms. The molecule has 0 radical (unpaired) electrons. The molecule has 3 rings (SSSR count). The predicted molar refractivity (Wildman–Crippen MR) is 94.8 cm³/mol. The van der Waals surface area contributed by atoms with Gasteiger partial charge in [0.2, 0.25) is 0 Å². The van der Waals surface area contributed by atoms with E-state index in [0.717, 1.165) is 14.5 Å². The Morgan fingerprint density at radius 3 is 2.76 bits per heavy atom. The van der Waals surface area contributed by atoms with Gasteiger partial charge in [-0.05, 0) is 65.1 Å². The highest BCUT2D eigenvalue weighted by atomic mass is 127. The summed E-state index contributed by atoms with van der Waals surface area (Å²) in [6.45, 7) is 0. The van der Waals surface area contributed by atoms with Crippen molar-refractivity contribution in [3.8, 4) is 0 Å². The van der Waals surface area contributed by atoms with Gasteiger partial charge in [-0.25, -0.2) is 0 Å². The summed E-state index contributed by atoms with van der Waals surface area (Å²) in [6, 6.07) is 12.7. The second-order valence-electron chi connectivity index (χ2n) is 4.61. The number of H-pyrrole nitrogens is 1. The molecule has 2 aromatic carbocycles. The SMILES string of the molecule is Nc1ccc2[nH]c(C(=O)Nc3ccc(I)cc3Cl)cc2c1. The number of amides is 1. The highest BCUT2D eigenvalue weighted by molar-refractivity contribution is 14.1. The van der Waals surface area contributed by atoms with Crippen molar-refractivity contribution in [1.82, 2.24) is 4.98 Å². The van der Waals surface area contributed by atoms with Gasteiger partial charge in [-0.1, -0.05) is 11.6 Å². The number of hydrogen-bond acceptors (Lipinski definition) is 2. The zero-order valence-corrected chi connectivity index (χ0v) is 13.7. The van der Waals surface area contributed by atoms with Gasteiger partial charge >= 0.3 is 0 Å². The van der Waals surface area contributed by atoms with Crippen molar-refractivity contribution in [2.24, 2.45) is 0 Å². The van der Waals surface area contributed by atoms with E-state index in [-0.39, 0.29) is 5.91 Å². The van der Waals surface area contributed by atoms with E-state index in [4.69, 9.17) is 17.3 Å². The fourth-order valence-corrected chi connectivity index (χ4v) is 2.96. The number of aromatic nitrogens is 1. The van der Waals surface area contributed by atoms with Crippen LogP contribution in [0.2, 0.25) is 5.02 Å². The summed E-state index contributed by atoms with van der Waals surface area (Å²) in [5.41, 5.74) is 8.31. The number of hydrogen-bond donors (Lipinski definition) is 3. The van der Waals surface area contributed by atoms with Crippen LogP contribution in [0.15, 0.2) is 42.5 Å². The van der Waals surface area contributed by atoms with E-state index in [1.165, 1.54) is 0 Å². The zero-order valence-electron chi connectivity index (χ0n) is 10.8. The molecular weight excluding hydrogens is 401 g/mol. The molecule has 4 N–H and O–H groups in total. The van der Waals surface area contributed by atoms with Crippen LogP contribution in [0.1, 0.15) is 10.5 Å². The Kier molecular flexibility index (Phi) is 3.77. The minimum atomic E-state index is -0.243. The molecule has 1 heterocycles. The van der Waals surface area contributed by atoms with Crippen LogP contribution in [0.4, 0.5) is 11.4 Å². The first kappa shape index (κ1) is 14.2. The first-order valence-electron chi connectivity index (χ1n) is 6.17. The number of nitrogen functional groups attached to an aromatic ring is 1. The third kappa shape index (κ3) is 2.98. The number of fused-ring (bicyclic) bond motifs is 1. The van der Waals surface area contributed by atoms with Crippen LogP contribution >= 0.6 is 34.2 Å². The number of carbonyl (C=O) groups is 1. The van der Waals surface area contributed by atoms with Gasteiger partial charge in [0.1, 0.15) is 5.69 Å². The topological polar surface area (TPSA) is 70.9 Å². The summed E-state index contributed by atoms with van der Waals surface area (Å²) in [5.74, 6) is -0.243. The predicted octanol–water partition coefficient (Wildman–Crippen LogP) is 4.26. The van der Waals surface area contributed by atoms with Crippen molar-refractivity contribution in [2.75, 3.05) is 11.1 Å². The van der Waals surface area contributed by atoms with Gasteiger partial charge in [0.25, 0.3) is 5.91 Å². The molecule has 1 aromatic heterocycles. The maximum absolute atomic E-state index is 12.3. The number of anilines is 2. The molecule has 0 aliphatic carbocycles. The second-order valence-corrected chi connectivity index (χ2v) is 6.26. The Morgan fingerprint density at radius 1 is 1.19 bits per heavy atom. The normalized spacial score (nSPS) is 10.8. The van der Waals surface area contributed by atoms with E-state index in [1.807, 2.05) is 18.2 Å². The average Bonchev–Trinajstić information content (AvgIpc) is 2.85. The van der Waals surface area contributed by atoms with Crippen molar-refractivity contribution < 1.29 is 4.79 Å². The van der Waals surface area contributed by atoms with Crippen LogP contribution in [0, 0.1) is 3.57 Å². The first-order valence-corrected chi connectivity index (χ1v) is 7.63. The number of benzene rings is 2. The molecule has 0 bridgehead atoms. The summed E-state index contributed by atoms with van der Waals surface area (Å²) >= 11 is 8.28. The molecule has 0 spiro atoms. The molecule has 0 saturated carbocycles. The van der Waals surface area contributed by atoms with Gasteiger partial charge in [0.15, 0.2) is 0 Å². The maximum atomic E-state index is 12.3. The summed E-state index contributed by atoms with van der Waals surface area (Å²) in [5, 5.41) is 4.20. The van der Waals surface area contributed by atoms with Crippen LogP contribution in [0.5, 0.6) is 0 Å². The number of nitrogens with two attached hydrogens (primary N) is 1. The number of nitrogens with one attached hydrogen (secondary N) is 2. The summed E-state index contributed by atoms with van der Waals surface area (Å²) in [6.07, 6.45) is 0. The van der Waals surface area contributed by atoms with E-state index in [9.17, 15) is 4.79 Å². The van der Waals surface area contributed by atoms with Gasteiger partial charge < -0.3 is 16.0 Å². The van der Waals surface area contributed by atoms with Crippen LogP contribution in [0.3, 0.4) is 0 Å². The summed E-state index contributed by atoms with van der Waals surface area (Å²) in [4.78, 5) is 15.3. The quantitative estimate of drug-likeness (QED) is 0.435. The molecule has 3 aromatic rings. The number of halogens is 2. The molecule has 0 atom stereocenters. The number of rotatable bonds is 2. The second kappa shape index (κ2) is 5.57. The lowest BCUT2D eigenvalue weighted by atomic mass is 10.2. The molecule has 0 aliphatic rings. The number of aromatic amines is 1. The minimum absolute atomic E-state index is 0.243. The van der Waals surface area contributed by atoms with E-state index in [2.05, 4.69) is 32.9 Å². The van der Waals surface area contributed by atoms with Gasteiger partial charge in [-0.3, -0.25) is 4.79 Å². The smallest absolute Gasteiger partial charge is 0.272 e. The minimum Gasteiger partial charge on any atom is -0.399 e. The molecule has 6 heteroatoms. The number of carbonyl (C=O) groups excluding carboxylic acids is 1. The molecule has 0 aliphatic heterocycles. The molecule has 0 saturated heterocycles. The van der Waals surface area contributed by atoms with Gasteiger partial charge in [-0.2, -0.15) is 0 Å². The van der Waals surface area contributed by atoms with E-state index in [1.54, 1.807) is 24.3 Å². The summed E-state index contributed by atoms with van der Waals surface area (Å²) in [7, 11) is 0. The monoisotopic (exact) mass is 411 g/mol. The van der Waals surface area contributed by atoms with Crippen LogP contribution in [-0.2, 0) is 0 Å². The van der Waals surface area contributed by atoms with Crippen molar-refractivity contribution in [3.05, 3.63) is 56.8 Å². The van der Waals surface area contributed by atoms with Crippen molar-refractivity contribution in [1.29, 1.82) is 0 Å². The van der Waals surface area contributed by atoms with E-state index < -0.39 is 0 Å². The fraction of sp³-hybridized carbons (Fsp3) is 0. The average molecular weight is 412 g/mol. The third-order valence-electron chi connectivity index (χ3n) is 3.07.